The summed E-state index contributed by atoms with van der Waals surface area (Å²) in [5, 5.41) is 0. The molecule has 122 valence electrons. The fraction of sp³-hybridized carbons (Fsp3) is 0.588. The Kier molecular flexibility index (Phi) is 5.73. The molecule has 2 rings (SSSR count). The molecule has 1 fully saturated rings. The lowest BCUT2D eigenvalue weighted by atomic mass is 10.1. The molecule has 5 heteroatoms. The predicted octanol–water partition coefficient (Wildman–Crippen LogP) is 4.12. The van der Waals surface area contributed by atoms with Crippen LogP contribution in [0.1, 0.15) is 43.5 Å². The summed E-state index contributed by atoms with van der Waals surface area (Å²) in [4.78, 5) is 14.9. The molecule has 1 amide bonds. The number of hydrogen-bond donors (Lipinski definition) is 0. The Balaban J connectivity index is 2.26. The van der Waals surface area contributed by atoms with Crippen molar-refractivity contribution in [2.45, 2.75) is 39.2 Å². The molecule has 1 aliphatic rings. The van der Waals surface area contributed by atoms with E-state index in [4.69, 9.17) is 9.47 Å². The Morgan fingerprint density at radius 2 is 1.82 bits per heavy atom. The number of benzene rings is 1. The number of halogens is 1. The van der Waals surface area contributed by atoms with E-state index in [1.807, 2.05) is 4.90 Å². The molecule has 1 aromatic rings. The first-order chi connectivity index (χ1) is 10.5. The van der Waals surface area contributed by atoms with E-state index in [2.05, 4.69) is 29.8 Å². The Bertz CT molecular complexity index is 516. The van der Waals surface area contributed by atoms with Crippen molar-refractivity contribution in [2.75, 3.05) is 20.8 Å². The van der Waals surface area contributed by atoms with Gasteiger partial charge in [0, 0.05) is 18.2 Å². The zero-order valence-electron chi connectivity index (χ0n) is 13.7. The minimum Gasteiger partial charge on any atom is -0.495 e. The van der Waals surface area contributed by atoms with Gasteiger partial charge in [-0.05, 0) is 53.2 Å². The van der Waals surface area contributed by atoms with Crippen molar-refractivity contribution in [3.8, 4) is 11.5 Å². The summed E-state index contributed by atoms with van der Waals surface area (Å²) in [7, 11) is 3.18. The van der Waals surface area contributed by atoms with Crippen LogP contribution in [-0.2, 0) is 0 Å². The molecule has 0 saturated heterocycles. The van der Waals surface area contributed by atoms with Gasteiger partial charge in [0.05, 0.1) is 14.2 Å². The number of ether oxygens (including phenoxy) is 2. The fourth-order valence-electron chi connectivity index (χ4n) is 2.39. The monoisotopic (exact) mass is 369 g/mol. The number of carbonyl (C=O) groups is 1. The van der Waals surface area contributed by atoms with E-state index in [-0.39, 0.29) is 5.91 Å². The first-order valence-electron chi connectivity index (χ1n) is 7.70. The topological polar surface area (TPSA) is 38.8 Å². The van der Waals surface area contributed by atoms with E-state index in [0.29, 0.717) is 29.0 Å². The summed E-state index contributed by atoms with van der Waals surface area (Å²) < 4.78 is 11.4. The van der Waals surface area contributed by atoms with Crippen LogP contribution in [0.3, 0.4) is 0 Å². The van der Waals surface area contributed by atoms with Crippen molar-refractivity contribution in [1.29, 1.82) is 0 Å². The molecule has 0 aliphatic heterocycles. The van der Waals surface area contributed by atoms with Crippen LogP contribution in [0.4, 0.5) is 0 Å². The van der Waals surface area contributed by atoms with Gasteiger partial charge in [0.15, 0.2) is 0 Å². The summed E-state index contributed by atoms with van der Waals surface area (Å²) in [6, 6.07) is 3.95. The van der Waals surface area contributed by atoms with Crippen LogP contribution in [0.5, 0.6) is 11.5 Å². The van der Waals surface area contributed by atoms with Gasteiger partial charge in [-0.2, -0.15) is 0 Å². The number of hydrogen-bond acceptors (Lipinski definition) is 3. The molecule has 0 radical (unpaired) electrons. The molecule has 0 N–H and O–H groups in total. The molecule has 4 nitrogen and oxygen atoms in total. The Labute approximate surface area is 140 Å². The van der Waals surface area contributed by atoms with Gasteiger partial charge in [0.2, 0.25) is 0 Å². The largest absolute Gasteiger partial charge is 0.495 e. The predicted molar refractivity (Wildman–Crippen MR) is 90.8 cm³/mol. The minimum absolute atomic E-state index is 0.0623. The zero-order valence-corrected chi connectivity index (χ0v) is 15.3. The lowest BCUT2D eigenvalue weighted by Crippen LogP contribution is -2.34. The molecule has 0 atom stereocenters. The van der Waals surface area contributed by atoms with Crippen molar-refractivity contribution in [3.63, 3.8) is 0 Å². The van der Waals surface area contributed by atoms with Gasteiger partial charge in [-0.15, -0.1) is 0 Å². The van der Waals surface area contributed by atoms with Gasteiger partial charge >= 0.3 is 0 Å². The van der Waals surface area contributed by atoms with Gasteiger partial charge in [-0.25, -0.2) is 0 Å². The van der Waals surface area contributed by atoms with E-state index in [0.717, 1.165) is 30.3 Å². The maximum Gasteiger partial charge on any atom is 0.254 e. The van der Waals surface area contributed by atoms with Gasteiger partial charge in [0.1, 0.15) is 16.0 Å². The first kappa shape index (κ1) is 17.1. The van der Waals surface area contributed by atoms with Crippen molar-refractivity contribution in [1.82, 2.24) is 4.90 Å². The van der Waals surface area contributed by atoms with Crippen LogP contribution in [0.2, 0.25) is 0 Å². The Hall–Kier alpha value is -1.23. The SMILES string of the molecule is COc1cc(C(=O)N(CCC(C)C)C2CC2)cc(OC)c1Br. The highest BCUT2D eigenvalue weighted by Gasteiger charge is 2.33. The number of carbonyl (C=O) groups excluding carboxylic acids is 1. The molecule has 0 spiro atoms. The van der Waals surface area contributed by atoms with E-state index in [1.54, 1.807) is 26.4 Å². The normalized spacial score (nSPS) is 14.1. The van der Waals surface area contributed by atoms with Crippen molar-refractivity contribution < 1.29 is 14.3 Å². The minimum atomic E-state index is 0.0623. The second-order valence-electron chi connectivity index (χ2n) is 6.11. The maximum absolute atomic E-state index is 12.9. The summed E-state index contributed by atoms with van der Waals surface area (Å²) in [6.07, 6.45) is 3.23. The third-order valence-corrected chi connectivity index (χ3v) is 4.67. The third kappa shape index (κ3) is 3.94. The summed E-state index contributed by atoms with van der Waals surface area (Å²) >= 11 is 3.44. The average Bonchev–Trinajstić information content (AvgIpc) is 3.32. The van der Waals surface area contributed by atoms with Crippen LogP contribution >= 0.6 is 15.9 Å². The second kappa shape index (κ2) is 7.36. The van der Waals surface area contributed by atoms with Gasteiger partial charge in [-0.3, -0.25) is 4.79 Å². The van der Waals surface area contributed by atoms with Crippen molar-refractivity contribution >= 4 is 21.8 Å². The molecule has 0 unspecified atom stereocenters. The van der Waals surface area contributed by atoms with Gasteiger partial charge in [0.25, 0.3) is 5.91 Å². The second-order valence-corrected chi connectivity index (χ2v) is 6.90. The third-order valence-electron chi connectivity index (χ3n) is 3.89. The molecule has 1 saturated carbocycles. The summed E-state index contributed by atoms with van der Waals surface area (Å²) in [6.45, 7) is 5.17. The van der Waals surface area contributed by atoms with Crippen LogP contribution in [0.25, 0.3) is 0 Å². The highest BCUT2D eigenvalue weighted by Crippen LogP contribution is 2.37. The maximum atomic E-state index is 12.9. The van der Waals surface area contributed by atoms with E-state index in [1.165, 1.54) is 0 Å². The number of rotatable bonds is 7. The summed E-state index contributed by atoms with van der Waals surface area (Å²) in [5.41, 5.74) is 0.618. The highest BCUT2D eigenvalue weighted by molar-refractivity contribution is 9.10. The lowest BCUT2D eigenvalue weighted by Gasteiger charge is -2.24. The van der Waals surface area contributed by atoms with E-state index >= 15 is 0 Å². The van der Waals surface area contributed by atoms with E-state index in [9.17, 15) is 4.79 Å². The number of amides is 1. The molecule has 22 heavy (non-hydrogen) atoms. The Morgan fingerprint density at radius 3 is 2.23 bits per heavy atom. The Morgan fingerprint density at radius 1 is 1.27 bits per heavy atom. The molecular weight excluding hydrogens is 346 g/mol. The lowest BCUT2D eigenvalue weighted by molar-refractivity contribution is 0.0734. The summed E-state index contributed by atoms with van der Waals surface area (Å²) in [5.74, 6) is 1.87. The smallest absolute Gasteiger partial charge is 0.254 e. The van der Waals surface area contributed by atoms with Crippen LogP contribution in [0, 0.1) is 5.92 Å². The van der Waals surface area contributed by atoms with Gasteiger partial charge in [-0.1, -0.05) is 13.8 Å². The molecule has 0 heterocycles. The quantitative estimate of drug-likeness (QED) is 0.725. The molecule has 1 aromatic carbocycles. The standard InChI is InChI=1S/C17H24BrNO3/c1-11(2)7-8-19(13-5-6-13)17(20)12-9-14(21-3)16(18)15(10-12)22-4/h9-11,13H,5-8H2,1-4H3. The molecular formula is C17H24BrNO3. The van der Waals surface area contributed by atoms with Crippen molar-refractivity contribution in [3.05, 3.63) is 22.2 Å². The van der Waals surface area contributed by atoms with Crippen LogP contribution < -0.4 is 9.47 Å². The first-order valence-corrected chi connectivity index (χ1v) is 8.49. The van der Waals surface area contributed by atoms with Crippen molar-refractivity contribution in [2.24, 2.45) is 5.92 Å². The van der Waals surface area contributed by atoms with E-state index < -0.39 is 0 Å². The van der Waals surface area contributed by atoms with Crippen LogP contribution in [-0.4, -0.2) is 37.6 Å². The number of methoxy groups -OCH3 is 2. The zero-order chi connectivity index (χ0) is 16.3. The van der Waals surface area contributed by atoms with Crippen LogP contribution in [0.15, 0.2) is 16.6 Å². The number of nitrogens with zero attached hydrogens (tertiary/aromatic N) is 1. The highest BCUT2D eigenvalue weighted by atomic mass is 79.9. The van der Waals surface area contributed by atoms with Gasteiger partial charge < -0.3 is 14.4 Å². The fourth-order valence-corrected chi connectivity index (χ4v) is 2.94. The molecule has 0 bridgehead atoms. The molecule has 1 aliphatic carbocycles. The molecule has 0 aromatic heterocycles. The average molecular weight is 370 g/mol.